The predicted octanol–water partition coefficient (Wildman–Crippen LogP) is 2.85. The van der Waals surface area contributed by atoms with Gasteiger partial charge in [0.15, 0.2) is 5.82 Å². The lowest BCUT2D eigenvalue weighted by Crippen LogP contribution is -2.43. The molecule has 0 radical (unpaired) electrons. The number of carbonyl (C=O) groups is 1. The highest BCUT2D eigenvalue weighted by atomic mass is 32.2. The summed E-state index contributed by atoms with van der Waals surface area (Å²) in [7, 11) is -3.75. The van der Waals surface area contributed by atoms with Gasteiger partial charge in [-0.1, -0.05) is 0 Å². The van der Waals surface area contributed by atoms with Gasteiger partial charge in [0, 0.05) is 41.5 Å². The molecule has 0 unspecified atom stereocenters. The van der Waals surface area contributed by atoms with Crippen molar-refractivity contribution in [2.24, 2.45) is 0 Å². The first-order valence-electron chi connectivity index (χ1n) is 10.8. The van der Waals surface area contributed by atoms with Gasteiger partial charge in [0.1, 0.15) is 10.6 Å². The van der Waals surface area contributed by atoms with Crippen LogP contribution in [-0.4, -0.2) is 47.7 Å². The number of aryl methyl sites for hydroxylation is 1. The molecular formula is C22H26N6O4S2. The minimum atomic E-state index is -3.75. The summed E-state index contributed by atoms with van der Waals surface area (Å²) in [6.07, 6.45) is 2.13. The van der Waals surface area contributed by atoms with Crippen molar-refractivity contribution in [2.45, 2.75) is 41.7 Å². The van der Waals surface area contributed by atoms with Crippen molar-refractivity contribution < 1.29 is 18.3 Å². The number of anilines is 2. The molecule has 0 spiro atoms. The Kier molecular flexibility index (Phi) is 6.82. The van der Waals surface area contributed by atoms with Crippen molar-refractivity contribution in [3.63, 3.8) is 0 Å². The van der Waals surface area contributed by atoms with Gasteiger partial charge in [-0.15, -0.1) is 11.3 Å². The van der Waals surface area contributed by atoms with Crippen LogP contribution in [0.2, 0.25) is 0 Å². The highest BCUT2D eigenvalue weighted by molar-refractivity contribution is 7.94. The minimum absolute atomic E-state index is 0.00321. The third-order valence-electron chi connectivity index (χ3n) is 5.74. The van der Waals surface area contributed by atoms with Crippen LogP contribution < -0.4 is 16.4 Å². The summed E-state index contributed by atoms with van der Waals surface area (Å²) in [5.74, 6) is 0.494. The van der Waals surface area contributed by atoms with Gasteiger partial charge in [-0.3, -0.25) is 0 Å². The number of aromatic nitrogens is 3. The Morgan fingerprint density at radius 2 is 1.94 bits per heavy atom. The van der Waals surface area contributed by atoms with E-state index in [4.69, 9.17) is 10.8 Å². The highest BCUT2D eigenvalue weighted by Crippen LogP contribution is 2.51. The van der Waals surface area contributed by atoms with Gasteiger partial charge in [0.2, 0.25) is 14.2 Å². The van der Waals surface area contributed by atoms with Crippen LogP contribution in [-0.2, 0) is 14.6 Å². The molecule has 1 aliphatic rings. The number of amides is 2. The topological polar surface area (TPSA) is 160 Å². The molecule has 0 atom stereocenters. The van der Waals surface area contributed by atoms with Crippen LogP contribution in [0.25, 0.3) is 11.4 Å². The van der Waals surface area contributed by atoms with Crippen LogP contribution in [0, 0.1) is 6.92 Å². The fourth-order valence-electron chi connectivity index (χ4n) is 3.77. The molecule has 34 heavy (non-hydrogen) atoms. The van der Waals surface area contributed by atoms with Crippen LogP contribution in [0.1, 0.15) is 37.1 Å². The molecule has 1 fully saturated rings. The summed E-state index contributed by atoms with van der Waals surface area (Å²) >= 11 is 1.12. The van der Waals surface area contributed by atoms with Gasteiger partial charge in [-0.05, 0) is 56.9 Å². The van der Waals surface area contributed by atoms with Crippen LogP contribution in [0.15, 0.2) is 40.1 Å². The molecule has 1 aliphatic carbocycles. The summed E-state index contributed by atoms with van der Waals surface area (Å²) in [4.78, 5) is 25.0. The van der Waals surface area contributed by atoms with Crippen molar-refractivity contribution in [2.75, 3.05) is 24.2 Å². The Morgan fingerprint density at radius 3 is 2.53 bits per heavy atom. The number of rotatable bonds is 8. The molecule has 180 valence electrons. The number of aliphatic hydroxyl groups is 1. The molecule has 0 bridgehead atoms. The van der Waals surface area contributed by atoms with Crippen molar-refractivity contribution in [3.8, 4) is 11.4 Å². The van der Waals surface area contributed by atoms with Gasteiger partial charge in [-0.2, -0.15) is 0 Å². The van der Waals surface area contributed by atoms with Gasteiger partial charge in [0.05, 0.1) is 5.69 Å². The van der Waals surface area contributed by atoms with Crippen molar-refractivity contribution in [1.82, 2.24) is 20.3 Å². The molecule has 0 saturated heterocycles. The second-order valence-electron chi connectivity index (χ2n) is 8.14. The molecule has 5 N–H and O–H groups in total. The first kappa shape index (κ1) is 24.0. The molecule has 0 aliphatic heterocycles. The fourth-order valence-corrected chi connectivity index (χ4v) is 7.23. The van der Waals surface area contributed by atoms with E-state index >= 15 is 0 Å². The van der Waals surface area contributed by atoms with Gasteiger partial charge < -0.3 is 21.5 Å². The van der Waals surface area contributed by atoms with Crippen LogP contribution >= 0.6 is 11.3 Å². The molecule has 4 rings (SSSR count). The lowest BCUT2D eigenvalue weighted by Gasteiger charge is -2.39. The number of carbonyl (C=O) groups excluding carboxylic acids is 1. The summed E-state index contributed by atoms with van der Waals surface area (Å²) in [6, 6.07) is 8.01. The zero-order valence-corrected chi connectivity index (χ0v) is 20.2. The highest BCUT2D eigenvalue weighted by Gasteiger charge is 2.53. The van der Waals surface area contributed by atoms with E-state index in [1.165, 1.54) is 6.07 Å². The summed E-state index contributed by atoms with van der Waals surface area (Å²) in [5.41, 5.74) is 8.31. The maximum atomic E-state index is 13.5. The van der Waals surface area contributed by atoms with Crippen LogP contribution in [0.3, 0.4) is 0 Å². The number of hydrogen-bond donors (Lipinski definition) is 4. The van der Waals surface area contributed by atoms with E-state index in [-0.39, 0.29) is 22.8 Å². The summed E-state index contributed by atoms with van der Waals surface area (Å²) < 4.78 is 26.0. The maximum Gasteiger partial charge on any atom is 0.319 e. The van der Waals surface area contributed by atoms with Crippen molar-refractivity contribution >= 4 is 38.7 Å². The van der Waals surface area contributed by atoms with E-state index in [2.05, 4.69) is 25.6 Å². The number of nitrogens with one attached hydrogen (secondary N) is 2. The summed E-state index contributed by atoms with van der Waals surface area (Å²) in [5, 5.41) is 15.9. The number of nitrogens with zero attached hydrogens (tertiary/aromatic N) is 3. The number of nitrogens with two attached hydrogens (primary N) is 1. The monoisotopic (exact) mass is 502 g/mol. The number of urea groups is 1. The SMILES string of the molecule is Cc1csc(S(=O)(=O)C2(c3cc(N)nc(-c4ccc(NC(=O)NCCCO)cc4)n3)CCC2)n1. The van der Waals surface area contributed by atoms with E-state index in [9.17, 15) is 13.2 Å². The second kappa shape index (κ2) is 9.65. The Morgan fingerprint density at radius 1 is 1.21 bits per heavy atom. The predicted molar refractivity (Wildman–Crippen MR) is 130 cm³/mol. The standard InChI is InChI=1S/C22H26N6O4S2/c1-14-13-33-21(25-14)34(31,32)22(8-2-9-22)17-12-18(23)28-19(27-17)15-4-6-16(7-5-15)26-20(30)24-10-3-11-29/h4-7,12-13,29H,2-3,8-11H2,1H3,(H2,23,27,28)(H2,24,26,30). The molecule has 2 amide bonds. The van der Waals surface area contributed by atoms with E-state index in [1.54, 1.807) is 36.6 Å². The van der Waals surface area contributed by atoms with Gasteiger partial charge in [0.25, 0.3) is 0 Å². The van der Waals surface area contributed by atoms with E-state index in [1.807, 2.05) is 0 Å². The molecule has 1 saturated carbocycles. The van der Waals surface area contributed by atoms with Crippen molar-refractivity contribution in [1.29, 1.82) is 0 Å². The average Bonchev–Trinajstić information content (AvgIpc) is 3.20. The minimum Gasteiger partial charge on any atom is -0.396 e. The largest absolute Gasteiger partial charge is 0.396 e. The first-order chi connectivity index (χ1) is 16.2. The fraction of sp³-hybridized carbons (Fsp3) is 0.364. The third kappa shape index (κ3) is 4.61. The second-order valence-corrected chi connectivity index (χ2v) is 11.4. The Bertz CT molecular complexity index is 1290. The smallest absolute Gasteiger partial charge is 0.319 e. The number of thiazole rings is 1. The lowest BCUT2D eigenvalue weighted by molar-refractivity contribution is 0.249. The maximum absolute atomic E-state index is 13.5. The molecule has 3 aromatic rings. The normalized spacial score (nSPS) is 14.9. The Labute approximate surface area is 201 Å². The molecule has 10 nitrogen and oxygen atoms in total. The summed E-state index contributed by atoms with van der Waals surface area (Å²) in [6.45, 7) is 2.13. The van der Waals surface area contributed by atoms with Gasteiger partial charge >= 0.3 is 6.03 Å². The molecule has 2 heterocycles. The third-order valence-corrected chi connectivity index (χ3v) is 9.63. The first-order valence-corrected chi connectivity index (χ1v) is 13.2. The number of sulfone groups is 1. The molecule has 12 heteroatoms. The number of hydrogen-bond acceptors (Lipinski definition) is 9. The Balaban J connectivity index is 1.61. The Hall–Kier alpha value is -3.09. The molecule has 1 aromatic carbocycles. The zero-order chi connectivity index (χ0) is 24.3. The van der Waals surface area contributed by atoms with E-state index < -0.39 is 14.6 Å². The van der Waals surface area contributed by atoms with Crippen LogP contribution in [0.4, 0.5) is 16.3 Å². The number of aliphatic hydroxyl groups excluding tert-OH is 1. The van der Waals surface area contributed by atoms with E-state index in [0.29, 0.717) is 54.3 Å². The van der Waals surface area contributed by atoms with Crippen molar-refractivity contribution in [3.05, 3.63) is 47.1 Å². The molecular weight excluding hydrogens is 476 g/mol. The quantitative estimate of drug-likeness (QED) is 0.342. The number of nitrogen functional groups attached to an aromatic ring is 1. The zero-order valence-electron chi connectivity index (χ0n) is 18.6. The lowest BCUT2D eigenvalue weighted by atomic mass is 9.81. The number of benzene rings is 1. The van der Waals surface area contributed by atoms with E-state index in [0.717, 1.165) is 17.8 Å². The average molecular weight is 503 g/mol. The van der Waals surface area contributed by atoms with Crippen LogP contribution in [0.5, 0.6) is 0 Å². The van der Waals surface area contributed by atoms with Gasteiger partial charge in [-0.25, -0.2) is 28.2 Å². The molecule has 2 aromatic heterocycles.